The molecule has 0 saturated carbocycles. The summed E-state index contributed by atoms with van der Waals surface area (Å²) in [6.45, 7) is 15.4. The summed E-state index contributed by atoms with van der Waals surface area (Å²) in [4.78, 5) is 41.5. The van der Waals surface area contributed by atoms with Crippen LogP contribution in [0.2, 0.25) is 0 Å². The smallest absolute Gasteiger partial charge is 0.408 e. The first kappa shape index (κ1) is 29.8. The highest BCUT2D eigenvalue weighted by atomic mass is 32.2. The lowest BCUT2D eigenvalue weighted by atomic mass is 9.99. The van der Waals surface area contributed by atoms with Gasteiger partial charge in [0, 0.05) is 12.1 Å². The normalized spacial score (nSPS) is 13.6. The number of thioether (sulfide) groups is 1. The summed E-state index contributed by atoms with van der Waals surface area (Å²) in [6, 6.07) is 6.03. The minimum Gasteiger partial charge on any atom is -0.444 e. The van der Waals surface area contributed by atoms with Gasteiger partial charge in [-0.15, -0.1) is 0 Å². The molecule has 8 heteroatoms. The quantitative estimate of drug-likeness (QED) is 0.487. The number of carbonyl (C=O) groups excluding carboxylic acids is 3. The van der Waals surface area contributed by atoms with Gasteiger partial charge in [0.05, 0.1) is 0 Å². The zero-order valence-corrected chi connectivity index (χ0v) is 23.1. The second-order valence-electron chi connectivity index (χ2n) is 10.6. The zero-order valence-electron chi connectivity index (χ0n) is 22.3. The third-order valence-corrected chi connectivity index (χ3v) is 5.44. The minimum atomic E-state index is -0.815. The zero-order chi connectivity index (χ0) is 26.1. The van der Waals surface area contributed by atoms with Crippen LogP contribution in [0.1, 0.15) is 78.5 Å². The van der Waals surface area contributed by atoms with Gasteiger partial charge in [-0.05, 0) is 78.9 Å². The Morgan fingerprint density at radius 1 is 1.06 bits per heavy atom. The highest BCUT2D eigenvalue weighted by Crippen LogP contribution is 2.25. The predicted molar refractivity (Wildman–Crippen MR) is 140 cm³/mol. The van der Waals surface area contributed by atoms with Crippen molar-refractivity contribution in [2.45, 2.75) is 91.5 Å². The molecule has 0 saturated heterocycles. The Morgan fingerprint density at radius 2 is 1.65 bits per heavy atom. The molecule has 2 N–H and O–H groups in total. The van der Waals surface area contributed by atoms with Gasteiger partial charge in [0.1, 0.15) is 17.7 Å². The van der Waals surface area contributed by atoms with Crippen LogP contribution in [0.3, 0.4) is 0 Å². The molecule has 0 bridgehead atoms. The summed E-state index contributed by atoms with van der Waals surface area (Å²) >= 11 is 1.59. The monoisotopic (exact) mass is 493 g/mol. The molecule has 1 aromatic rings. The molecule has 0 aliphatic rings. The Kier molecular flexibility index (Phi) is 11.4. The van der Waals surface area contributed by atoms with E-state index in [4.69, 9.17) is 4.74 Å². The molecular weight excluding hydrogens is 450 g/mol. The van der Waals surface area contributed by atoms with E-state index in [1.807, 2.05) is 65.1 Å². The Hall–Kier alpha value is -2.22. The predicted octanol–water partition coefficient (Wildman–Crippen LogP) is 4.84. The van der Waals surface area contributed by atoms with E-state index in [1.165, 1.54) is 0 Å². The number of nitrogens with zero attached hydrogens (tertiary/aromatic N) is 1. The lowest BCUT2D eigenvalue weighted by molar-refractivity contribution is -0.143. The molecule has 0 aliphatic carbocycles. The first-order valence-corrected chi connectivity index (χ1v) is 13.3. The van der Waals surface area contributed by atoms with Crippen LogP contribution >= 0.6 is 11.8 Å². The van der Waals surface area contributed by atoms with Crippen molar-refractivity contribution in [3.8, 4) is 0 Å². The molecule has 0 heterocycles. The van der Waals surface area contributed by atoms with Crippen molar-refractivity contribution in [1.82, 2.24) is 15.5 Å². The lowest BCUT2D eigenvalue weighted by Gasteiger charge is -2.36. The van der Waals surface area contributed by atoms with Crippen molar-refractivity contribution in [3.05, 3.63) is 35.4 Å². The Morgan fingerprint density at radius 3 is 2.12 bits per heavy atom. The van der Waals surface area contributed by atoms with Crippen LogP contribution in [0.4, 0.5) is 4.79 Å². The van der Waals surface area contributed by atoms with Gasteiger partial charge >= 0.3 is 6.09 Å². The second kappa shape index (κ2) is 13.0. The van der Waals surface area contributed by atoms with Crippen LogP contribution in [-0.2, 0) is 14.3 Å². The maximum Gasteiger partial charge on any atom is 0.408 e. The number of hydrogen-bond acceptors (Lipinski definition) is 5. The van der Waals surface area contributed by atoms with E-state index in [2.05, 4.69) is 10.6 Å². The summed E-state index contributed by atoms with van der Waals surface area (Å²) in [6.07, 6.45) is 2.40. The number of rotatable bonds is 10. The van der Waals surface area contributed by atoms with Crippen molar-refractivity contribution in [3.63, 3.8) is 0 Å². The van der Waals surface area contributed by atoms with Gasteiger partial charge in [-0.25, -0.2) is 4.79 Å². The molecule has 2 unspecified atom stereocenters. The van der Waals surface area contributed by atoms with E-state index in [0.29, 0.717) is 25.1 Å². The lowest BCUT2D eigenvalue weighted by Crippen LogP contribution is -2.55. The summed E-state index contributed by atoms with van der Waals surface area (Å²) in [5, 5.41) is 5.78. The number of ether oxygens (including phenoxy) is 1. The summed E-state index contributed by atoms with van der Waals surface area (Å²) in [5.41, 5.74) is 0.650. The Balaban J connectivity index is 3.40. The third kappa shape index (κ3) is 10.4. The number of benzene rings is 1. The Bertz CT molecular complexity index is 813. The van der Waals surface area contributed by atoms with E-state index < -0.39 is 29.3 Å². The highest BCUT2D eigenvalue weighted by molar-refractivity contribution is 7.98. The van der Waals surface area contributed by atoms with Crippen LogP contribution in [0.5, 0.6) is 0 Å². The van der Waals surface area contributed by atoms with Gasteiger partial charge in [-0.2, -0.15) is 11.8 Å². The average molecular weight is 494 g/mol. The van der Waals surface area contributed by atoms with Crippen LogP contribution < -0.4 is 10.6 Å². The van der Waals surface area contributed by atoms with E-state index >= 15 is 0 Å². The molecule has 0 aromatic heterocycles. The Labute approximate surface area is 209 Å². The van der Waals surface area contributed by atoms with Crippen molar-refractivity contribution < 1.29 is 19.1 Å². The van der Waals surface area contributed by atoms with Crippen molar-refractivity contribution in [2.24, 2.45) is 0 Å². The van der Waals surface area contributed by atoms with Crippen LogP contribution in [-0.4, -0.2) is 58.5 Å². The van der Waals surface area contributed by atoms with Crippen LogP contribution in [0, 0.1) is 6.92 Å². The van der Waals surface area contributed by atoms with Crippen molar-refractivity contribution in [1.29, 1.82) is 0 Å². The second-order valence-corrected chi connectivity index (χ2v) is 11.5. The van der Waals surface area contributed by atoms with Gasteiger partial charge < -0.3 is 20.3 Å². The molecule has 2 atom stereocenters. The number of aryl methyl sites for hydroxylation is 1. The van der Waals surface area contributed by atoms with E-state index in [1.54, 1.807) is 37.4 Å². The van der Waals surface area contributed by atoms with E-state index in [-0.39, 0.29) is 11.8 Å². The number of hydrogen-bond donors (Lipinski definition) is 2. The molecule has 0 fully saturated rings. The highest BCUT2D eigenvalue weighted by Gasteiger charge is 2.36. The summed E-state index contributed by atoms with van der Waals surface area (Å²) in [7, 11) is 0. The van der Waals surface area contributed by atoms with Crippen LogP contribution in [0.25, 0.3) is 0 Å². The van der Waals surface area contributed by atoms with Gasteiger partial charge in [0.25, 0.3) is 0 Å². The van der Waals surface area contributed by atoms with Gasteiger partial charge in [-0.1, -0.05) is 36.8 Å². The fraction of sp³-hybridized carbons (Fsp3) is 0.654. The number of amides is 3. The maximum atomic E-state index is 13.9. The summed E-state index contributed by atoms with van der Waals surface area (Å²) in [5.74, 6) is 0.130. The molecule has 0 radical (unpaired) electrons. The first-order valence-electron chi connectivity index (χ1n) is 11.9. The molecule has 192 valence electrons. The SMILES string of the molecule is CCCN(C(=O)C(CCSC)NC(=O)OC(C)(C)C)C(C(=O)NC(C)(C)C)c1ccc(C)cc1. The molecule has 7 nitrogen and oxygen atoms in total. The number of alkyl carbamates (subject to hydrolysis) is 1. The van der Waals surface area contributed by atoms with Crippen molar-refractivity contribution in [2.75, 3.05) is 18.6 Å². The maximum absolute atomic E-state index is 13.9. The first-order chi connectivity index (χ1) is 15.7. The van der Waals surface area contributed by atoms with E-state index in [9.17, 15) is 14.4 Å². The molecule has 3 amide bonds. The van der Waals surface area contributed by atoms with Crippen molar-refractivity contribution >= 4 is 29.7 Å². The largest absolute Gasteiger partial charge is 0.444 e. The molecule has 0 aliphatic heterocycles. The van der Waals surface area contributed by atoms with Gasteiger partial charge in [0.2, 0.25) is 11.8 Å². The minimum absolute atomic E-state index is 0.251. The third-order valence-electron chi connectivity index (χ3n) is 4.80. The fourth-order valence-electron chi connectivity index (χ4n) is 3.41. The number of carbonyl (C=O) groups is 3. The standard InChI is InChI=1S/C26H43N3O4S/c1-10-16-29(23(31)20(15-17-34-9)27-24(32)33-26(6,7)8)21(22(30)28-25(3,4)5)19-13-11-18(2)12-14-19/h11-14,20-21H,10,15-17H2,1-9H3,(H,27,32)(H,28,30). The molecule has 0 spiro atoms. The molecule has 34 heavy (non-hydrogen) atoms. The van der Waals surface area contributed by atoms with Gasteiger partial charge in [-0.3, -0.25) is 9.59 Å². The molecule has 1 aromatic carbocycles. The van der Waals surface area contributed by atoms with E-state index in [0.717, 1.165) is 11.1 Å². The van der Waals surface area contributed by atoms with Crippen LogP contribution in [0.15, 0.2) is 24.3 Å². The molecular formula is C26H43N3O4S. The molecule has 1 rings (SSSR count). The topological polar surface area (TPSA) is 87.7 Å². The summed E-state index contributed by atoms with van der Waals surface area (Å²) < 4.78 is 5.40. The average Bonchev–Trinajstić information content (AvgIpc) is 2.69. The number of nitrogens with one attached hydrogen (secondary N) is 2. The van der Waals surface area contributed by atoms with Gasteiger partial charge in [0.15, 0.2) is 0 Å². The fourth-order valence-corrected chi connectivity index (χ4v) is 3.88.